The summed E-state index contributed by atoms with van der Waals surface area (Å²) >= 11 is 11.3. The van der Waals surface area contributed by atoms with E-state index in [0.717, 1.165) is 25.8 Å². The zero-order valence-corrected chi connectivity index (χ0v) is 19.5. The zero-order chi connectivity index (χ0) is 20.8. The number of pyridine rings is 1. The summed E-state index contributed by atoms with van der Waals surface area (Å²) in [6.07, 6.45) is 2.65. The van der Waals surface area contributed by atoms with Crippen molar-refractivity contribution in [2.75, 3.05) is 42.2 Å². The number of morpholine rings is 1. The molecule has 154 valence electrons. The second kappa shape index (κ2) is 7.95. The molecule has 1 aliphatic heterocycles. The molecule has 1 N–H and O–H groups in total. The van der Waals surface area contributed by atoms with Crippen molar-refractivity contribution in [1.82, 2.24) is 15.0 Å². The molecule has 4 rings (SSSR count). The van der Waals surface area contributed by atoms with Gasteiger partial charge in [-0.3, -0.25) is 4.72 Å². The number of nitrogens with one attached hydrogen (secondary N) is 1. The lowest BCUT2D eigenvalue weighted by molar-refractivity contribution is 0.122. The van der Waals surface area contributed by atoms with Crippen LogP contribution in [0.5, 0.6) is 0 Å². The van der Waals surface area contributed by atoms with Crippen LogP contribution in [0.15, 0.2) is 16.7 Å². The number of thiophene rings is 1. The van der Waals surface area contributed by atoms with Crippen LogP contribution in [0, 0.1) is 6.92 Å². The molecule has 1 fully saturated rings. The van der Waals surface area contributed by atoms with Crippen LogP contribution in [-0.4, -0.2) is 55.9 Å². The molecule has 3 aromatic rings. The van der Waals surface area contributed by atoms with Crippen molar-refractivity contribution in [2.24, 2.45) is 0 Å². The van der Waals surface area contributed by atoms with Crippen LogP contribution in [0.25, 0.3) is 21.5 Å². The molecule has 0 radical (unpaired) electrons. The van der Waals surface area contributed by atoms with E-state index in [9.17, 15) is 8.42 Å². The second-order valence-electron chi connectivity index (χ2n) is 6.56. The van der Waals surface area contributed by atoms with E-state index in [-0.39, 0.29) is 10.8 Å². The Balaban J connectivity index is 1.90. The molecule has 0 amide bonds. The first-order chi connectivity index (χ1) is 13.7. The van der Waals surface area contributed by atoms with E-state index in [2.05, 4.69) is 30.5 Å². The minimum atomic E-state index is -3.50. The van der Waals surface area contributed by atoms with E-state index < -0.39 is 10.0 Å². The van der Waals surface area contributed by atoms with Crippen molar-refractivity contribution in [3.63, 3.8) is 0 Å². The second-order valence-corrected chi connectivity index (χ2v) is 10.7. The molecular weight excluding hydrogens is 502 g/mol. The predicted molar refractivity (Wildman–Crippen MR) is 120 cm³/mol. The van der Waals surface area contributed by atoms with Crippen LogP contribution in [0.1, 0.15) is 4.88 Å². The van der Waals surface area contributed by atoms with Gasteiger partial charge < -0.3 is 9.64 Å². The first kappa shape index (κ1) is 20.7. The molecule has 0 bridgehead atoms. The van der Waals surface area contributed by atoms with Crippen LogP contribution in [-0.2, 0) is 14.8 Å². The Bertz CT molecular complexity index is 1200. The summed E-state index contributed by atoms with van der Waals surface area (Å²) in [5.41, 5.74) is 2.34. The molecule has 12 heteroatoms. The number of hydrogen-bond donors (Lipinski definition) is 1. The molecule has 1 aliphatic rings. The number of nitrogens with zero attached hydrogens (tertiary/aromatic N) is 4. The fourth-order valence-corrected chi connectivity index (χ4v) is 5.42. The van der Waals surface area contributed by atoms with E-state index in [4.69, 9.17) is 26.3 Å². The van der Waals surface area contributed by atoms with Crippen LogP contribution in [0.4, 0.5) is 11.6 Å². The van der Waals surface area contributed by atoms with Crippen molar-refractivity contribution in [2.45, 2.75) is 6.92 Å². The van der Waals surface area contributed by atoms with Gasteiger partial charge in [0.05, 0.1) is 40.0 Å². The Kier molecular flexibility index (Phi) is 5.68. The highest BCUT2D eigenvalue weighted by molar-refractivity contribution is 9.10. The third-order valence-electron chi connectivity index (χ3n) is 4.33. The van der Waals surface area contributed by atoms with Crippen molar-refractivity contribution in [1.29, 1.82) is 0 Å². The molecule has 1 saturated heterocycles. The normalized spacial score (nSPS) is 15.1. The number of hydrogen-bond acceptors (Lipinski definition) is 8. The minimum Gasteiger partial charge on any atom is -0.378 e. The highest BCUT2D eigenvalue weighted by Crippen LogP contribution is 2.40. The standard InChI is InChI=1S/C17H17BrClN5O3S2/c1-9-12(18)14-15(28-9)13(21-17(22-14)24-3-5-27-6-4-24)10-7-11(16(19)20-8-10)23-29(2,25)26/h7-8,23H,3-6H2,1-2H3. The summed E-state index contributed by atoms with van der Waals surface area (Å²) in [5, 5.41) is 0.0708. The molecule has 0 atom stereocenters. The lowest BCUT2D eigenvalue weighted by atomic mass is 10.2. The van der Waals surface area contributed by atoms with Crippen LogP contribution >= 0.6 is 38.9 Å². The number of aromatic nitrogens is 3. The van der Waals surface area contributed by atoms with Gasteiger partial charge in [0, 0.05) is 29.7 Å². The fraction of sp³-hybridized carbons (Fsp3) is 0.353. The average molecular weight is 519 g/mol. The van der Waals surface area contributed by atoms with Gasteiger partial charge in [-0.25, -0.2) is 23.4 Å². The van der Waals surface area contributed by atoms with Crippen molar-refractivity contribution in [3.8, 4) is 11.3 Å². The molecule has 0 unspecified atom stereocenters. The van der Waals surface area contributed by atoms with Gasteiger partial charge in [0.15, 0.2) is 5.15 Å². The third kappa shape index (κ3) is 4.33. The summed E-state index contributed by atoms with van der Waals surface area (Å²) in [7, 11) is -3.50. The summed E-state index contributed by atoms with van der Waals surface area (Å²) in [5.74, 6) is 0.599. The maximum Gasteiger partial charge on any atom is 0.229 e. The van der Waals surface area contributed by atoms with E-state index in [1.165, 1.54) is 0 Å². The lowest BCUT2D eigenvalue weighted by Gasteiger charge is -2.27. The first-order valence-electron chi connectivity index (χ1n) is 8.66. The molecular formula is C17H17BrClN5O3S2. The van der Waals surface area contributed by atoms with E-state index in [1.54, 1.807) is 23.6 Å². The van der Waals surface area contributed by atoms with Crippen LogP contribution < -0.4 is 9.62 Å². The van der Waals surface area contributed by atoms with Gasteiger partial charge in [0.25, 0.3) is 0 Å². The van der Waals surface area contributed by atoms with Gasteiger partial charge in [-0.15, -0.1) is 11.3 Å². The Morgan fingerprint density at radius 1 is 1.31 bits per heavy atom. The summed E-state index contributed by atoms with van der Waals surface area (Å²) in [4.78, 5) is 16.9. The van der Waals surface area contributed by atoms with Gasteiger partial charge in [-0.1, -0.05) is 11.6 Å². The van der Waals surface area contributed by atoms with Gasteiger partial charge in [0.2, 0.25) is 16.0 Å². The van der Waals surface area contributed by atoms with Gasteiger partial charge in [0.1, 0.15) is 5.52 Å². The van der Waals surface area contributed by atoms with Crippen molar-refractivity contribution >= 4 is 70.7 Å². The van der Waals surface area contributed by atoms with Crippen molar-refractivity contribution in [3.05, 3.63) is 26.8 Å². The Hall–Kier alpha value is -1.53. The van der Waals surface area contributed by atoms with Gasteiger partial charge >= 0.3 is 0 Å². The number of rotatable bonds is 4. The predicted octanol–water partition coefficient (Wildman–Crippen LogP) is 3.69. The first-order valence-corrected chi connectivity index (χ1v) is 12.5. The largest absolute Gasteiger partial charge is 0.378 e. The molecule has 3 aromatic heterocycles. The highest BCUT2D eigenvalue weighted by atomic mass is 79.9. The summed E-state index contributed by atoms with van der Waals surface area (Å²) < 4.78 is 33.0. The number of halogens is 2. The van der Waals surface area contributed by atoms with Crippen LogP contribution in [0.3, 0.4) is 0 Å². The molecule has 4 heterocycles. The van der Waals surface area contributed by atoms with Crippen LogP contribution in [0.2, 0.25) is 5.15 Å². The molecule has 0 spiro atoms. The zero-order valence-electron chi connectivity index (χ0n) is 15.6. The quantitative estimate of drug-likeness (QED) is 0.526. The average Bonchev–Trinajstić information content (AvgIpc) is 2.97. The number of sulfonamides is 1. The molecule has 0 saturated carbocycles. The van der Waals surface area contributed by atoms with Crippen molar-refractivity contribution < 1.29 is 13.2 Å². The fourth-order valence-electron chi connectivity index (χ4n) is 3.00. The minimum absolute atomic E-state index is 0.0708. The topological polar surface area (TPSA) is 97.3 Å². The monoisotopic (exact) mass is 517 g/mol. The molecule has 8 nitrogen and oxygen atoms in total. The van der Waals surface area contributed by atoms with E-state index in [1.807, 2.05) is 6.92 Å². The molecule has 29 heavy (non-hydrogen) atoms. The van der Waals surface area contributed by atoms with E-state index in [0.29, 0.717) is 43.5 Å². The Morgan fingerprint density at radius 3 is 2.72 bits per heavy atom. The third-order valence-corrected chi connectivity index (χ3v) is 7.55. The maximum absolute atomic E-state index is 11.7. The summed E-state index contributed by atoms with van der Waals surface area (Å²) in [6, 6.07) is 1.64. The highest BCUT2D eigenvalue weighted by Gasteiger charge is 2.22. The number of ether oxygens (including phenoxy) is 1. The van der Waals surface area contributed by atoms with E-state index >= 15 is 0 Å². The molecule has 0 aromatic carbocycles. The smallest absolute Gasteiger partial charge is 0.229 e. The number of aryl methyl sites for hydroxylation is 1. The Labute approximate surface area is 185 Å². The summed E-state index contributed by atoms with van der Waals surface area (Å²) in [6.45, 7) is 4.64. The number of anilines is 2. The number of fused-ring (bicyclic) bond motifs is 1. The van der Waals surface area contributed by atoms with Gasteiger partial charge in [-0.2, -0.15) is 0 Å². The van der Waals surface area contributed by atoms with Gasteiger partial charge in [-0.05, 0) is 28.9 Å². The SMILES string of the molecule is Cc1sc2c(-c3cnc(Cl)c(NS(C)(=O)=O)c3)nc(N3CCOCC3)nc2c1Br. The molecule has 0 aliphatic carbocycles. The Morgan fingerprint density at radius 2 is 2.03 bits per heavy atom. The lowest BCUT2D eigenvalue weighted by Crippen LogP contribution is -2.37. The maximum atomic E-state index is 11.7.